The Bertz CT molecular complexity index is 3820. The molecule has 8 aromatic rings. The summed E-state index contributed by atoms with van der Waals surface area (Å²) in [5.41, 5.74) is 6.36. The van der Waals surface area contributed by atoms with Crippen molar-refractivity contribution in [2.45, 2.75) is 27.7 Å². The summed E-state index contributed by atoms with van der Waals surface area (Å²) in [4.78, 5) is 62.8. The lowest BCUT2D eigenvalue weighted by Crippen LogP contribution is -2.12. The summed E-state index contributed by atoms with van der Waals surface area (Å²) in [6.07, 6.45) is 2.09. The number of ether oxygens (including phenoxy) is 2. The van der Waals surface area contributed by atoms with E-state index in [4.69, 9.17) is 19.7 Å². The van der Waals surface area contributed by atoms with Gasteiger partial charge in [-0.15, -0.1) is 20.4 Å². The van der Waals surface area contributed by atoms with E-state index in [0.29, 0.717) is 51.2 Å². The number of rotatable bonds is 12. The second-order valence-corrected chi connectivity index (χ2v) is 21.4. The summed E-state index contributed by atoms with van der Waals surface area (Å²) in [7, 11) is 1.97. The van der Waals surface area contributed by atoms with Gasteiger partial charge in [-0.05, 0) is 108 Å². The van der Waals surface area contributed by atoms with Crippen molar-refractivity contribution in [3.05, 3.63) is 103 Å². The Morgan fingerprint density at radius 3 is 0.962 bits per heavy atom. The number of anilines is 2. The molecule has 0 aliphatic carbocycles. The second kappa shape index (κ2) is 25.1. The Kier molecular flexibility index (Phi) is 19.4. The van der Waals surface area contributed by atoms with E-state index >= 15 is 0 Å². The average Bonchev–Trinajstić information content (AvgIpc) is 4.16. The van der Waals surface area contributed by atoms with E-state index in [0.717, 1.165) is 37.5 Å². The molecule has 0 amide bonds. The molecule has 0 saturated carbocycles. The number of aryl methyl sites for hydroxylation is 8. The number of nitrogens with one attached hydrogen (secondary N) is 2. The van der Waals surface area contributed by atoms with Gasteiger partial charge in [0.25, 0.3) is 0 Å². The normalized spacial score (nSPS) is 10.9. The molecule has 0 aromatic carbocycles. The topological polar surface area (TPSA) is 394 Å². The highest BCUT2D eigenvalue weighted by Crippen LogP contribution is 2.27. The lowest BCUT2D eigenvalue weighted by molar-refractivity contribution is 0.0580. The first kappa shape index (κ1) is 60.4. The van der Waals surface area contributed by atoms with Crippen molar-refractivity contribution in [3.63, 3.8) is 0 Å². The Hall–Kier alpha value is -8.50. The summed E-state index contributed by atoms with van der Waals surface area (Å²) in [6.45, 7) is 6.94. The monoisotopic (exact) mass is 1240 g/mol. The van der Waals surface area contributed by atoms with E-state index in [1.807, 2.05) is 19.9 Å². The zero-order valence-corrected chi connectivity index (χ0v) is 48.1. The molecule has 4 N–H and O–H groups in total. The predicted octanol–water partition coefficient (Wildman–Crippen LogP) is 3.98. The smallest absolute Gasteiger partial charge is 0.358 e. The molecule has 34 heteroatoms. The highest BCUT2D eigenvalue weighted by Gasteiger charge is 2.25. The lowest BCUT2D eigenvalue weighted by atomic mass is 10.2. The zero-order chi connectivity index (χ0) is 58.1. The molecule has 0 unspecified atom stereocenters. The van der Waals surface area contributed by atoms with Gasteiger partial charge in [-0.25, -0.2) is 64.7 Å². The number of hydrogen-bond donors (Lipinski definition) is 4. The van der Waals surface area contributed by atoms with Crippen LogP contribution in [0, 0.1) is 27.7 Å². The highest BCUT2D eigenvalue weighted by atomic mass is 79.9. The molecule has 8 aromatic heterocycles. The number of pyridine rings is 4. The lowest BCUT2D eigenvalue weighted by Gasteiger charge is -2.08. The minimum atomic E-state index is -3.41. The molecule has 0 saturated heterocycles. The van der Waals surface area contributed by atoms with Crippen LogP contribution >= 0.6 is 31.9 Å². The number of carbonyl (C=O) groups is 4. The van der Waals surface area contributed by atoms with Gasteiger partial charge in [-0.2, -0.15) is 0 Å². The van der Waals surface area contributed by atoms with E-state index < -0.39 is 43.9 Å². The van der Waals surface area contributed by atoms with Crippen molar-refractivity contribution in [1.29, 1.82) is 0 Å². The van der Waals surface area contributed by atoms with Gasteiger partial charge in [0.05, 0.1) is 83.7 Å². The highest BCUT2D eigenvalue weighted by molar-refractivity contribution is 9.10. The van der Waals surface area contributed by atoms with Crippen molar-refractivity contribution in [2.24, 2.45) is 28.2 Å². The molecule has 78 heavy (non-hydrogen) atoms. The molecule has 0 radical (unpaired) electrons. The number of sulfonamides is 2. The minimum Gasteiger partial charge on any atom is -0.476 e. The van der Waals surface area contributed by atoms with E-state index in [1.165, 1.54) is 54.5 Å². The van der Waals surface area contributed by atoms with Gasteiger partial charge in [-0.1, -0.05) is 20.9 Å². The summed E-state index contributed by atoms with van der Waals surface area (Å²) in [5, 5.41) is 48.7. The summed E-state index contributed by atoms with van der Waals surface area (Å²) >= 11 is 6.71. The van der Waals surface area contributed by atoms with Gasteiger partial charge in [0.1, 0.15) is 22.8 Å². The van der Waals surface area contributed by atoms with E-state index in [1.54, 1.807) is 58.3 Å². The van der Waals surface area contributed by atoms with Crippen molar-refractivity contribution >= 4 is 87.2 Å². The predicted molar refractivity (Wildman–Crippen MR) is 285 cm³/mol. The molecule has 0 spiro atoms. The van der Waals surface area contributed by atoms with Crippen LogP contribution in [0.5, 0.6) is 0 Å². The standard InChI is InChI=1S/C12H15N5O4S.C11H11BrN4O2.C11H13N5O4S.C10H9BrN4O2/c1-7-8(15-22(4,19)20)5-6-9(13-7)10-11(12(18)21-3)17(2)16-14-10;1-6-7(12)4-5-8(13-6)9-10(11(17)18-3)16(2)15-14-9;1-6-7(14-21(3,19)20)4-5-8(12-6)9-10(11(17)18)16(2)15-13-9;1-5-6(11)3-4-7(12-5)8-9(10(16)17)15(2)14-13-8/h5-6,15H,1-4H3;4-5H,1-3H3;4-5,14H,1-3H3,(H,17,18);3-4H,1-2H3,(H,16,17). The van der Waals surface area contributed by atoms with E-state index in [2.05, 4.69) is 102 Å². The molecule has 8 heterocycles. The number of halogens is 2. The average molecular weight is 1240 g/mol. The number of carboxylic acid groups (broad SMARTS) is 2. The number of aromatic carboxylic acids is 2. The van der Waals surface area contributed by atoms with Crippen LogP contribution in [0.4, 0.5) is 11.4 Å². The molecule has 0 atom stereocenters. The molecule has 0 aliphatic rings. The molecule has 412 valence electrons. The Labute approximate surface area is 461 Å². The van der Waals surface area contributed by atoms with Gasteiger partial charge in [-0.3, -0.25) is 19.4 Å². The molecule has 30 nitrogen and oxygen atoms in total. The zero-order valence-electron chi connectivity index (χ0n) is 43.3. The number of carboxylic acids is 2. The number of nitrogens with zero attached hydrogens (tertiary/aromatic N) is 16. The molecule has 0 bridgehead atoms. The van der Waals surface area contributed by atoms with Crippen LogP contribution in [-0.4, -0.2) is 158 Å². The van der Waals surface area contributed by atoms with Crippen LogP contribution in [0.3, 0.4) is 0 Å². The van der Waals surface area contributed by atoms with Gasteiger partial charge in [0.2, 0.25) is 20.0 Å². The molecular weight excluding hydrogens is 1200 g/mol. The SMILES string of the molecule is COC(=O)c1c(-c2ccc(Br)c(C)n2)nnn1C.COC(=O)c1c(-c2ccc(NS(C)(=O)=O)c(C)n2)nnn1C.Cc1nc(-c2nnn(C)c2C(=O)O)ccc1Br.Cc1nc(-c2nnn(C)c2C(=O)O)ccc1NS(C)(=O)=O. The Morgan fingerprint density at radius 1 is 0.462 bits per heavy atom. The van der Waals surface area contributed by atoms with Crippen LogP contribution < -0.4 is 9.44 Å². The second-order valence-electron chi connectivity index (χ2n) is 16.2. The van der Waals surface area contributed by atoms with Crippen molar-refractivity contribution in [2.75, 3.05) is 36.2 Å². The summed E-state index contributed by atoms with van der Waals surface area (Å²) in [6, 6.07) is 13.2. The first-order valence-electron chi connectivity index (χ1n) is 21.9. The van der Waals surface area contributed by atoms with Crippen LogP contribution in [0.2, 0.25) is 0 Å². The van der Waals surface area contributed by atoms with Crippen LogP contribution in [0.1, 0.15) is 64.7 Å². The van der Waals surface area contributed by atoms with E-state index in [9.17, 15) is 36.0 Å². The van der Waals surface area contributed by atoms with Crippen LogP contribution in [0.15, 0.2) is 57.5 Å². The Morgan fingerprint density at radius 2 is 0.718 bits per heavy atom. The number of hydrogen-bond acceptors (Lipinski definition) is 22. The van der Waals surface area contributed by atoms with Crippen molar-refractivity contribution in [1.82, 2.24) is 79.9 Å². The number of aromatic nitrogens is 16. The number of methoxy groups -OCH3 is 2. The maximum atomic E-state index is 11.8. The molecule has 0 fully saturated rings. The van der Waals surface area contributed by atoms with Gasteiger partial charge in [0.15, 0.2) is 22.8 Å². The van der Waals surface area contributed by atoms with Crippen molar-refractivity contribution < 1.29 is 55.7 Å². The minimum absolute atomic E-state index is 0.0271. The third-order valence-electron chi connectivity index (χ3n) is 10.2. The van der Waals surface area contributed by atoms with Gasteiger partial charge >= 0.3 is 23.9 Å². The first-order valence-corrected chi connectivity index (χ1v) is 27.2. The summed E-state index contributed by atoms with van der Waals surface area (Å²) < 4.78 is 65.8. The molecule has 8 rings (SSSR count). The fourth-order valence-electron chi connectivity index (χ4n) is 6.60. The maximum Gasteiger partial charge on any atom is 0.358 e. The quantitative estimate of drug-likeness (QED) is 0.126. The van der Waals surface area contributed by atoms with Crippen LogP contribution in [0.25, 0.3) is 45.6 Å². The third kappa shape index (κ3) is 14.9. The first-order chi connectivity index (χ1) is 36.5. The molecular formula is C44H48Br2N18O12S2. The van der Waals surface area contributed by atoms with E-state index in [-0.39, 0.29) is 39.9 Å². The third-order valence-corrected chi connectivity index (χ3v) is 13.1. The largest absolute Gasteiger partial charge is 0.476 e. The van der Waals surface area contributed by atoms with Crippen LogP contribution in [-0.2, 0) is 57.7 Å². The van der Waals surface area contributed by atoms with Crippen molar-refractivity contribution in [3.8, 4) is 45.6 Å². The van der Waals surface area contributed by atoms with Gasteiger partial charge < -0.3 is 19.7 Å². The fourth-order valence-corrected chi connectivity index (χ4v) is 8.27. The fraction of sp³-hybridized carbons (Fsp3) is 0.273. The molecule has 0 aliphatic heterocycles. The summed E-state index contributed by atoms with van der Waals surface area (Å²) in [5.74, 6) is -3.31. The maximum absolute atomic E-state index is 11.8. The number of esters is 2. The van der Waals surface area contributed by atoms with Gasteiger partial charge in [0, 0.05) is 37.1 Å². The number of carbonyl (C=O) groups excluding carboxylic acids is 2. The Balaban J connectivity index is 0.000000192.